The number of hydrazone groups is 1. The Bertz CT molecular complexity index is 946. The number of nitrogens with one attached hydrogen (secondary N) is 1. The molecule has 28 heavy (non-hydrogen) atoms. The molecular formula is C21H23N5OS. The van der Waals surface area contributed by atoms with Crippen molar-refractivity contribution in [3.8, 4) is 0 Å². The van der Waals surface area contributed by atoms with Gasteiger partial charge in [0.15, 0.2) is 5.16 Å². The van der Waals surface area contributed by atoms with E-state index in [1.807, 2.05) is 35.9 Å². The van der Waals surface area contributed by atoms with E-state index in [-0.39, 0.29) is 5.91 Å². The molecule has 0 unspecified atom stereocenters. The van der Waals surface area contributed by atoms with E-state index in [0.717, 1.165) is 22.0 Å². The molecule has 0 aliphatic carbocycles. The van der Waals surface area contributed by atoms with E-state index >= 15 is 0 Å². The number of thioether (sulfide) groups is 1. The molecule has 7 heteroatoms. The van der Waals surface area contributed by atoms with E-state index in [9.17, 15) is 4.79 Å². The van der Waals surface area contributed by atoms with Gasteiger partial charge >= 0.3 is 0 Å². The lowest BCUT2D eigenvalue weighted by Gasteiger charge is -2.05. The molecule has 0 aliphatic rings. The molecule has 1 heterocycles. The topological polar surface area (TPSA) is 72.2 Å². The van der Waals surface area contributed by atoms with Gasteiger partial charge in [-0.15, -0.1) is 10.2 Å². The molecule has 0 radical (unpaired) electrons. The van der Waals surface area contributed by atoms with Crippen LogP contribution in [0, 0.1) is 0 Å². The third kappa shape index (κ3) is 5.29. The summed E-state index contributed by atoms with van der Waals surface area (Å²) >= 11 is 1.60. The predicted octanol–water partition coefficient (Wildman–Crippen LogP) is 3.99. The first-order valence-electron chi connectivity index (χ1n) is 9.02. The van der Waals surface area contributed by atoms with Crippen LogP contribution in [0.4, 0.5) is 0 Å². The molecule has 1 aromatic heterocycles. The van der Waals surface area contributed by atoms with E-state index in [1.165, 1.54) is 5.56 Å². The molecule has 1 N–H and O–H groups in total. The second-order valence-electron chi connectivity index (χ2n) is 6.73. The Morgan fingerprint density at radius 1 is 1.18 bits per heavy atom. The first kappa shape index (κ1) is 19.8. The van der Waals surface area contributed by atoms with Gasteiger partial charge in [0.25, 0.3) is 5.91 Å². The van der Waals surface area contributed by atoms with Gasteiger partial charge in [-0.3, -0.25) is 4.79 Å². The molecule has 3 rings (SSSR count). The van der Waals surface area contributed by atoms with Gasteiger partial charge in [0.2, 0.25) is 0 Å². The summed E-state index contributed by atoms with van der Waals surface area (Å²) in [6.45, 7) is 4.31. The van der Waals surface area contributed by atoms with E-state index in [0.29, 0.717) is 11.5 Å². The molecule has 0 atom stereocenters. The van der Waals surface area contributed by atoms with Crippen molar-refractivity contribution >= 4 is 23.9 Å². The minimum atomic E-state index is -0.234. The fourth-order valence-electron chi connectivity index (χ4n) is 2.50. The minimum absolute atomic E-state index is 0.234. The molecule has 6 nitrogen and oxygen atoms in total. The standard InChI is InChI=1S/C21H23N5OS/c1-15(2)18-8-4-16(5-9-18)12-22-24-20(27)19-10-6-17(7-11-19)13-28-21-25-23-14-26(21)3/h4-12,14-15H,13H2,1-3H3,(H,24,27)/b22-12+. The van der Waals surface area contributed by atoms with Crippen molar-refractivity contribution in [2.24, 2.45) is 12.1 Å². The van der Waals surface area contributed by atoms with Crippen LogP contribution in [0.25, 0.3) is 0 Å². The van der Waals surface area contributed by atoms with Gasteiger partial charge in [-0.05, 0) is 34.7 Å². The van der Waals surface area contributed by atoms with Crippen LogP contribution >= 0.6 is 11.8 Å². The van der Waals surface area contributed by atoms with Crippen molar-refractivity contribution < 1.29 is 4.79 Å². The highest BCUT2D eigenvalue weighted by Crippen LogP contribution is 2.20. The number of aryl methyl sites for hydroxylation is 1. The lowest BCUT2D eigenvalue weighted by atomic mass is 10.0. The number of benzene rings is 2. The first-order valence-corrected chi connectivity index (χ1v) is 10.0. The summed E-state index contributed by atoms with van der Waals surface area (Å²) in [5.74, 6) is 1.02. The number of nitrogens with zero attached hydrogens (tertiary/aromatic N) is 4. The Hall–Kier alpha value is -2.93. The number of aromatic nitrogens is 3. The summed E-state index contributed by atoms with van der Waals surface area (Å²) in [4.78, 5) is 12.2. The fourth-order valence-corrected chi connectivity index (χ4v) is 3.34. The third-order valence-corrected chi connectivity index (χ3v) is 5.34. The molecule has 2 aromatic carbocycles. The predicted molar refractivity (Wildman–Crippen MR) is 113 cm³/mol. The smallest absolute Gasteiger partial charge is 0.271 e. The number of carbonyl (C=O) groups excluding carboxylic acids is 1. The average Bonchev–Trinajstić information content (AvgIpc) is 3.12. The van der Waals surface area contributed by atoms with Crippen LogP contribution in [0.3, 0.4) is 0 Å². The van der Waals surface area contributed by atoms with Crippen LogP contribution in [0.2, 0.25) is 0 Å². The van der Waals surface area contributed by atoms with Crippen LogP contribution in [0.1, 0.15) is 46.8 Å². The van der Waals surface area contributed by atoms with Gasteiger partial charge < -0.3 is 4.57 Å². The second-order valence-corrected chi connectivity index (χ2v) is 7.67. The first-order chi connectivity index (χ1) is 13.5. The van der Waals surface area contributed by atoms with Gasteiger partial charge in [-0.2, -0.15) is 5.10 Å². The Morgan fingerprint density at radius 2 is 1.89 bits per heavy atom. The van der Waals surface area contributed by atoms with E-state index in [4.69, 9.17) is 0 Å². The monoisotopic (exact) mass is 393 g/mol. The fraction of sp³-hybridized carbons (Fsp3) is 0.238. The average molecular weight is 394 g/mol. The Balaban J connectivity index is 1.52. The van der Waals surface area contributed by atoms with Crippen molar-refractivity contribution in [2.75, 3.05) is 0 Å². The van der Waals surface area contributed by atoms with Crippen LogP contribution in [0.15, 0.2) is 65.1 Å². The highest BCUT2D eigenvalue weighted by Gasteiger charge is 2.06. The summed E-state index contributed by atoms with van der Waals surface area (Å²) in [6.07, 6.45) is 3.32. The number of amides is 1. The Labute approximate surface area is 169 Å². The maximum absolute atomic E-state index is 12.2. The summed E-state index contributed by atoms with van der Waals surface area (Å²) in [5.41, 5.74) is 6.47. The molecule has 3 aromatic rings. The quantitative estimate of drug-likeness (QED) is 0.374. The molecular weight excluding hydrogens is 370 g/mol. The van der Waals surface area contributed by atoms with Crippen LogP contribution in [-0.4, -0.2) is 26.9 Å². The maximum atomic E-state index is 12.2. The number of carbonyl (C=O) groups is 1. The molecule has 0 aliphatic heterocycles. The number of rotatable bonds is 7. The molecule has 0 bridgehead atoms. The lowest BCUT2D eigenvalue weighted by Crippen LogP contribution is -2.17. The Kier molecular flexibility index (Phi) is 6.60. The zero-order valence-electron chi connectivity index (χ0n) is 16.2. The van der Waals surface area contributed by atoms with E-state index < -0.39 is 0 Å². The Morgan fingerprint density at radius 3 is 2.50 bits per heavy atom. The van der Waals surface area contributed by atoms with Gasteiger partial charge in [-0.25, -0.2) is 5.43 Å². The molecule has 0 saturated carbocycles. The third-order valence-electron chi connectivity index (χ3n) is 4.24. The molecule has 1 amide bonds. The van der Waals surface area contributed by atoms with Crippen molar-refractivity contribution in [3.63, 3.8) is 0 Å². The summed E-state index contributed by atoms with van der Waals surface area (Å²) < 4.78 is 1.88. The highest BCUT2D eigenvalue weighted by molar-refractivity contribution is 7.98. The van der Waals surface area contributed by atoms with Crippen LogP contribution in [0.5, 0.6) is 0 Å². The van der Waals surface area contributed by atoms with E-state index in [1.54, 1.807) is 36.4 Å². The van der Waals surface area contributed by atoms with Gasteiger partial charge in [0, 0.05) is 18.4 Å². The van der Waals surface area contributed by atoms with Gasteiger partial charge in [-0.1, -0.05) is 62.0 Å². The zero-order chi connectivity index (χ0) is 19.9. The van der Waals surface area contributed by atoms with Crippen molar-refractivity contribution in [1.82, 2.24) is 20.2 Å². The van der Waals surface area contributed by atoms with Gasteiger partial charge in [0.05, 0.1) is 6.21 Å². The summed E-state index contributed by atoms with van der Waals surface area (Å²) in [5, 5.41) is 12.8. The van der Waals surface area contributed by atoms with E-state index in [2.05, 4.69) is 46.7 Å². The number of hydrogen-bond donors (Lipinski definition) is 1. The van der Waals surface area contributed by atoms with Crippen LogP contribution in [-0.2, 0) is 12.8 Å². The number of hydrogen-bond acceptors (Lipinski definition) is 5. The second kappa shape index (κ2) is 9.32. The molecule has 0 fully saturated rings. The summed E-state index contributed by atoms with van der Waals surface area (Å²) in [6, 6.07) is 15.6. The SMILES string of the molecule is CC(C)c1ccc(/C=N/NC(=O)c2ccc(CSc3nncn3C)cc2)cc1. The molecule has 0 saturated heterocycles. The maximum Gasteiger partial charge on any atom is 0.271 e. The summed E-state index contributed by atoms with van der Waals surface area (Å²) in [7, 11) is 1.91. The molecule has 144 valence electrons. The normalized spacial score (nSPS) is 11.3. The molecule has 0 spiro atoms. The van der Waals surface area contributed by atoms with Crippen molar-refractivity contribution in [1.29, 1.82) is 0 Å². The zero-order valence-corrected chi connectivity index (χ0v) is 17.0. The van der Waals surface area contributed by atoms with Gasteiger partial charge in [0.1, 0.15) is 6.33 Å². The van der Waals surface area contributed by atoms with Crippen molar-refractivity contribution in [3.05, 3.63) is 77.1 Å². The highest BCUT2D eigenvalue weighted by atomic mass is 32.2. The minimum Gasteiger partial charge on any atom is -0.312 e. The van der Waals surface area contributed by atoms with Crippen molar-refractivity contribution in [2.45, 2.75) is 30.7 Å². The largest absolute Gasteiger partial charge is 0.312 e. The van der Waals surface area contributed by atoms with Crippen LogP contribution < -0.4 is 5.43 Å². The lowest BCUT2D eigenvalue weighted by molar-refractivity contribution is 0.0955.